The molecule has 1 heterocycles. The largest absolute Gasteiger partial charge is 0.369 e. The lowest BCUT2D eigenvalue weighted by atomic mass is 9.97. The van der Waals surface area contributed by atoms with Gasteiger partial charge in [-0.25, -0.2) is 0 Å². The molecular weight excluding hydrogens is 219 g/mol. The van der Waals surface area contributed by atoms with Gasteiger partial charge in [0.2, 0.25) is 0 Å². The molecule has 4 atom stereocenters. The Bertz CT molecular complexity index is 244. The molecule has 2 rings (SSSR count). The van der Waals surface area contributed by atoms with Crippen LogP contribution in [-0.2, 0) is 0 Å². The molecule has 4 unspecified atom stereocenters. The van der Waals surface area contributed by atoms with Crippen molar-refractivity contribution in [3.05, 3.63) is 0 Å². The Morgan fingerprint density at radius 1 is 1.64 bits per heavy atom. The third kappa shape index (κ3) is 1.63. The number of alkyl halides is 1. The topological polar surface area (TPSA) is 35.9 Å². The Balaban J connectivity index is 0.000000980. The molecule has 0 radical (unpaired) electrons. The van der Waals surface area contributed by atoms with Gasteiger partial charge in [0.1, 0.15) is 0 Å². The highest BCUT2D eigenvalue weighted by atomic mass is 35.5. The van der Waals surface area contributed by atoms with Crippen molar-refractivity contribution in [2.24, 2.45) is 11.8 Å². The van der Waals surface area contributed by atoms with Gasteiger partial charge in [-0.05, 0) is 12.3 Å². The lowest BCUT2D eigenvalue weighted by Gasteiger charge is -2.18. The van der Waals surface area contributed by atoms with Gasteiger partial charge in [0.25, 0.3) is 0 Å². The fraction of sp³-hybridized carbons (Fsp3) is 0.900. The normalized spacial score (nSPS) is 44.8. The maximum absolute atomic E-state index is 7.62. The van der Waals surface area contributed by atoms with Crippen molar-refractivity contribution in [2.75, 3.05) is 0 Å². The Kier molecular flexibility index (Phi) is 3.37. The fourth-order valence-electron chi connectivity index (χ4n) is 2.85. The van der Waals surface area contributed by atoms with Gasteiger partial charge in [-0.3, -0.25) is 5.41 Å². The molecule has 2 N–H and O–H groups in total. The van der Waals surface area contributed by atoms with Crippen LogP contribution in [0.25, 0.3) is 0 Å². The minimum atomic E-state index is -0.0308. The number of fused-ring (bicyclic) bond motifs is 1. The number of nitrogens with one attached hydrogen (secondary N) is 2. The summed E-state index contributed by atoms with van der Waals surface area (Å²) in [7, 11) is 0. The van der Waals surface area contributed by atoms with Gasteiger partial charge in [0.15, 0.2) is 0 Å². The van der Waals surface area contributed by atoms with E-state index < -0.39 is 0 Å². The summed E-state index contributed by atoms with van der Waals surface area (Å²) in [5, 5.41) is 10.8. The molecule has 2 nitrogen and oxygen atoms in total. The molecule has 0 spiro atoms. The van der Waals surface area contributed by atoms with Crippen molar-refractivity contribution < 1.29 is 0 Å². The summed E-state index contributed by atoms with van der Waals surface area (Å²) >= 11 is 6.52. The second kappa shape index (κ2) is 3.90. The molecule has 1 saturated carbocycles. The molecule has 0 amide bonds. The molecule has 1 saturated heterocycles. The van der Waals surface area contributed by atoms with Gasteiger partial charge in [0.05, 0.1) is 16.8 Å². The lowest BCUT2D eigenvalue weighted by molar-refractivity contribution is 0.458. The molecular formula is C10H18Cl2N2. The van der Waals surface area contributed by atoms with Crippen LogP contribution >= 0.6 is 24.0 Å². The summed E-state index contributed by atoms with van der Waals surface area (Å²) in [5.74, 6) is 1.86. The number of hydrogen-bond donors (Lipinski definition) is 2. The van der Waals surface area contributed by atoms with Gasteiger partial charge in [-0.1, -0.05) is 20.3 Å². The fourth-order valence-corrected chi connectivity index (χ4v) is 3.51. The van der Waals surface area contributed by atoms with E-state index in [9.17, 15) is 0 Å². The average Bonchev–Trinajstić information content (AvgIpc) is 2.56. The van der Waals surface area contributed by atoms with E-state index in [1.165, 1.54) is 0 Å². The smallest absolute Gasteiger partial charge is 0.0937 e. The van der Waals surface area contributed by atoms with E-state index in [1.54, 1.807) is 0 Å². The summed E-state index contributed by atoms with van der Waals surface area (Å²) in [6.07, 6.45) is 3.09. The first-order valence-electron chi connectivity index (χ1n) is 5.12. The van der Waals surface area contributed by atoms with Crippen molar-refractivity contribution in [1.82, 2.24) is 5.32 Å². The maximum Gasteiger partial charge on any atom is 0.0937 e. The van der Waals surface area contributed by atoms with Crippen LogP contribution in [-0.4, -0.2) is 16.8 Å². The number of hydrogen-bond acceptors (Lipinski definition) is 1. The van der Waals surface area contributed by atoms with E-state index in [2.05, 4.69) is 19.2 Å². The van der Waals surface area contributed by atoms with Crippen LogP contribution in [0.5, 0.6) is 0 Å². The van der Waals surface area contributed by atoms with Crippen molar-refractivity contribution in [3.63, 3.8) is 0 Å². The minimum absolute atomic E-state index is 0. The molecule has 0 bridgehead atoms. The van der Waals surface area contributed by atoms with E-state index in [1.807, 2.05) is 0 Å². The van der Waals surface area contributed by atoms with E-state index in [0.29, 0.717) is 23.7 Å². The number of amidine groups is 1. The standard InChI is InChI=1S/C10H17ClN2.ClH/c1-3-4-10(11)8-6(2)5-7(12)13-9(8)10;/h6,8-9H,3-5H2,1-2H3,(H2,12,13);1H. The Labute approximate surface area is 96.7 Å². The van der Waals surface area contributed by atoms with Crippen molar-refractivity contribution in [1.29, 1.82) is 5.41 Å². The van der Waals surface area contributed by atoms with Crippen LogP contribution < -0.4 is 5.32 Å². The predicted molar refractivity (Wildman–Crippen MR) is 62.7 cm³/mol. The van der Waals surface area contributed by atoms with Crippen LogP contribution in [0.15, 0.2) is 0 Å². The molecule has 4 heteroatoms. The molecule has 1 aliphatic carbocycles. The van der Waals surface area contributed by atoms with Crippen LogP contribution in [0.1, 0.15) is 33.1 Å². The van der Waals surface area contributed by atoms with Crippen molar-refractivity contribution in [3.8, 4) is 0 Å². The van der Waals surface area contributed by atoms with Crippen molar-refractivity contribution >= 4 is 29.8 Å². The van der Waals surface area contributed by atoms with Gasteiger partial charge in [0, 0.05) is 12.3 Å². The molecule has 82 valence electrons. The zero-order valence-electron chi connectivity index (χ0n) is 8.64. The van der Waals surface area contributed by atoms with Gasteiger partial charge in [-0.15, -0.1) is 24.0 Å². The van der Waals surface area contributed by atoms with Gasteiger partial charge in [-0.2, -0.15) is 0 Å². The molecule has 1 aliphatic heterocycles. The molecule has 14 heavy (non-hydrogen) atoms. The quantitative estimate of drug-likeness (QED) is 0.712. The molecule has 0 aromatic rings. The Morgan fingerprint density at radius 2 is 2.29 bits per heavy atom. The third-order valence-corrected chi connectivity index (χ3v) is 4.10. The first-order valence-corrected chi connectivity index (χ1v) is 5.50. The second-order valence-electron chi connectivity index (χ2n) is 4.48. The molecule has 0 aromatic carbocycles. The summed E-state index contributed by atoms with van der Waals surface area (Å²) in [6, 6.07) is 0.380. The first-order chi connectivity index (χ1) is 6.09. The molecule has 0 aromatic heterocycles. The van der Waals surface area contributed by atoms with Gasteiger partial charge < -0.3 is 5.32 Å². The van der Waals surface area contributed by atoms with Crippen LogP contribution in [0.4, 0.5) is 0 Å². The summed E-state index contributed by atoms with van der Waals surface area (Å²) < 4.78 is 0. The van der Waals surface area contributed by atoms with Crippen molar-refractivity contribution in [2.45, 2.75) is 44.0 Å². The van der Waals surface area contributed by atoms with E-state index in [-0.39, 0.29) is 17.3 Å². The van der Waals surface area contributed by atoms with Crippen LogP contribution in [0.2, 0.25) is 0 Å². The highest BCUT2D eigenvalue weighted by Crippen LogP contribution is 2.58. The third-order valence-electron chi connectivity index (χ3n) is 3.42. The Hall–Kier alpha value is 0.0500. The summed E-state index contributed by atoms with van der Waals surface area (Å²) in [5.41, 5.74) is 0. The molecule has 2 aliphatic rings. The number of piperidine rings is 1. The highest BCUT2D eigenvalue weighted by Gasteiger charge is 2.66. The SMILES string of the molecule is CCCC1(Cl)C2NC(=N)CC(C)C21.Cl. The van der Waals surface area contributed by atoms with E-state index in [4.69, 9.17) is 17.0 Å². The molecule has 2 fully saturated rings. The van der Waals surface area contributed by atoms with Crippen LogP contribution in [0.3, 0.4) is 0 Å². The minimum Gasteiger partial charge on any atom is -0.369 e. The maximum atomic E-state index is 7.62. The predicted octanol–water partition coefficient (Wildman–Crippen LogP) is 2.79. The number of rotatable bonds is 2. The van der Waals surface area contributed by atoms with E-state index in [0.717, 1.165) is 19.3 Å². The summed E-state index contributed by atoms with van der Waals surface area (Å²) in [6.45, 7) is 4.39. The lowest BCUT2D eigenvalue weighted by Crippen LogP contribution is -2.34. The Morgan fingerprint density at radius 3 is 2.86 bits per heavy atom. The zero-order chi connectivity index (χ0) is 9.64. The number of halogens is 2. The monoisotopic (exact) mass is 236 g/mol. The average molecular weight is 237 g/mol. The van der Waals surface area contributed by atoms with Crippen LogP contribution in [0, 0.1) is 17.2 Å². The first kappa shape index (κ1) is 12.1. The highest BCUT2D eigenvalue weighted by molar-refractivity contribution is 6.27. The zero-order valence-corrected chi connectivity index (χ0v) is 10.2. The van der Waals surface area contributed by atoms with E-state index >= 15 is 0 Å². The second-order valence-corrected chi connectivity index (χ2v) is 5.19. The summed E-state index contributed by atoms with van der Waals surface area (Å²) in [4.78, 5) is -0.0308. The van der Waals surface area contributed by atoms with Gasteiger partial charge >= 0.3 is 0 Å².